The van der Waals surface area contributed by atoms with Crippen LogP contribution in [0.4, 0.5) is 4.39 Å². The van der Waals surface area contributed by atoms with Crippen LogP contribution in [0.25, 0.3) is 17.1 Å². The number of rotatable bonds is 4. The van der Waals surface area contributed by atoms with Crippen molar-refractivity contribution in [3.63, 3.8) is 0 Å². The van der Waals surface area contributed by atoms with Crippen molar-refractivity contribution >= 4 is 11.2 Å². The molecule has 4 aromatic rings. The first-order valence-electron chi connectivity index (χ1n) is 9.72. The average molecular weight is 410 g/mol. The van der Waals surface area contributed by atoms with Crippen molar-refractivity contribution in [3.05, 3.63) is 73.4 Å². The Balaban J connectivity index is 2.13. The molecule has 8 nitrogen and oxygen atoms in total. The Bertz CT molecular complexity index is 1410. The van der Waals surface area contributed by atoms with Gasteiger partial charge in [-0.1, -0.05) is 18.2 Å². The van der Waals surface area contributed by atoms with Crippen LogP contribution >= 0.6 is 0 Å². The largest absolute Gasteiger partial charge is 0.332 e. The number of fused-ring (bicyclic) bond motifs is 1. The fourth-order valence-corrected chi connectivity index (χ4v) is 3.66. The van der Waals surface area contributed by atoms with Crippen molar-refractivity contribution in [2.24, 2.45) is 7.05 Å². The molecule has 9 heteroatoms. The molecule has 30 heavy (non-hydrogen) atoms. The summed E-state index contributed by atoms with van der Waals surface area (Å²) in [4.78, 5) is 30.4. The summed E-state index contributed by atoms with van der Waals surface area (Å²) in [6, 6.07) is 6.40. The van der Waals surface area contributed by atoms with Gasteiger partial charge >= 0.3 is 5.69 Å². The molecule has 0 N–H and O–H groups in total. The molecule has 0 amide bonds. The van der Waals surface area contributed by atoms with Gasteiger partial charge in [-0.2, -0.15) is 10.1 Å². The van der Waals surface area contributed by atoms with Crippen LogP contribution in [0.5, 0.6) is 0 Å². The first-order chi connectivity index (χ1) is 14.3. The summed E-state index contributed by atoms with van der Waals surface area (Å²) in [5.74, 6) is -0.0154. The molecule has 3 heterocycles. The highest BCUT2D eigenvalue weighted by Crippen LogP contribution is 2.22. The zero-order chi connectivity index (χ0) is 21.7. The molecule has 0 aliphatic carbocycles. The minimum absolute atomic E-state index is 0.0764. The SMILES string of the molecule is CCn1c(=O)c2c(nc(-n3nc(C)c(C)c3C)n2Cc2ccccc2F)n(C)c1=O. The normalized spacial score (nSPS) is 11.5. The monoisotopic (exact) mass is 410 g/mol. The second-order valence-corrected chi connectivity index (χ2v) is 7.36. The summed E-state index contributed by atoms with van der Waals surface area (Å²) in [5.41, 5.74) is 2.68. The van der Waals surface area contributed by atoms with Gasteiger partial charge in [-0.25, -0.2) is 13.9 Å². The van der Waals surface area contributed by atoms with E-state index < -0.39 is 11.2 Å². The molecule has 0 radical (unpaired) electrons. The van der Waals surface area contributed by atoms with E-state index in [0.29, 0.717) is 11.5 Å². The van der Waals surface area contributed by atoms with Crippen LogP contribution in [0.3, 0.4) is 0 Å². The van der Waals surface area contributed by atoms with E-state index in [0.717, 1.165) is 21.5 Å². The van der Waals surface area contributed by atoms with Gasteiger partial charge in [0, 0.05) is 24.8 Å². The molecule has 156 valence electrons. The molecule has 0 bridgehead atoms. The van der Waals surface area contributed by atoms with Crippen LogP contribution in [0.2, 0.25) is 0 Å². The van der Waals surface area contributed by atoms with Crippen molar-refractivity contribution in [1.29, 1.82) is 0 Å². The number of benzene rings is 1. The molecule has 0 saturated heterocycles. The van der Waals surface area contributed by atoms with E-state index in [4.69, 9.17) is 0 Å². The summed E-state index contributed by atoms with van der Waals surface area (Å²) in [7, 11) is 1.58. The predicted octanol–water partition coefficient (Wildman–Crippen LogP) is 2.21. The molecular formula is C21H23FN6O2. The number of hydrogen-bond donors (Lipinski definition) is 0. The van der Waals surface area contributed by atoms with Crippen LogP contribution in [-0.2, 0) is 20.1 Å². The Morgan fingerprint density at radius 2 is 1.77 bits per heavy atom. The van der Waals surface area contributed by atoms with Gasteiger partial charge in [0.05, 0.1) is 12.2 Å². The second kappa shape index (κ2) is 7.08. The molecule has 0 aliphatic heterocycles. The molecule has 0 unspecified atom stereocenters. The van der Waals surface area contributed by atoms with E-state index in [9.17, 15) is 14.0 Å². The van der Waals surface area contributed by atoms with E-state index in [1.807, 2.05) is 20.8 Å². The standard InChI is InChI=1S/C21H23FN6O2/c1-6-26-19(29)17-18(25(5)21(26)30)23-20(28-14(4)12(2)13(3)24-28)27(17)11-15-9-7-8-10-16(15)22/h7-10H,6,11H2,1-5H3. The van der Waals surface area contributed by atoms with Gasteiger partial charge in [0.15, 0.2) is 11.2 Å². The molecule has 0 aliphatic rings. The zero-order valence-corrected chi connectivity index (χ0v) is 17.6. The second-order valence-electron chi connectivity index (χ2n) is 7.36. The lowest BCUT2D eigenvalue weighted by molar-refractivity contribution is 0.594. The van der Waals surface area contributed by atoms with E-state index in [1.54, 1.807) is 41.4 Å². The van der Waals surface area contributed by atoms with Crippen LogP contribution < -0.4 is 11.2 Å². The van der Waals surface area contributed by atoms with Crippen LogP contribution in [0, 0.1) is 26.6 Å². The van der Waals surface area contributed by atoms with Crippen LogP contribution in [-0.4, -0.2) is 28.5 Å². The third-order valence-corrected chi connectivity index (χ3v) is 5.66. The Morgan fingerprint density at radius 3 is 2.37 bits per heavy atom. The van der Waals surface area contributed by atoms with Crippen molar-refractivity contribution in [2.45, 2.75) is 40.8 Å². The lowest BCUT2D eigenvalue weighted by Crippen LogP contribution is -2.39. The lowest BCUT2D eigenvalue weighted by atomic mass is 10.2. The first-order valence-corrected chi connectivity index (χ1v) is 9.72. The van der Waals surface area contributed by atoms with Gasteiger partial charge in [-0.3, -0.25) is 18.5 Å². The summed E-state index contributed by atoms with van der Waals surface area (Å²) in [6.07, 6.45) is 0. The van der Waals surface area contributed by atoms with Crippen molar-refractivity contribution in [1.82, 2.24) is 28.5 Å². The lowest BCUT2D eigenvalue weighted by Gasteiger charge is -2.12. The molecular weight excluding hydrogens is 387 g/mol. The van der Waals surface area contributed by atoms with Crippen LogP contribution in [0.15, 0.2) is 33.9 Å². The zero-order valence-electron chi connectivity index (χ0n) is 17.6. The summed E-state index contributed by atoms with van der Waals surface area (Å²) in [6.45, 7) is 7.79. The predicted molar refractivity (Wildman–Crippen MR) is 112 cm³/mol. The fourth-order valence-electron chi connectivity index (χ4n) is 3.66. The number of aryl methyl sites for hydroxylation is 2. The molecule has 3 aromatic heterocycles. The van der Waals surface area contributed by atoms with Gasteiger partial charge in [-0.05, 0) is 39.3 Å². The molecule has 0 saturated carbocycles. The number of aromatic nitrogens is 6. The molecule has 0 atom stereocenters. The quantitative estimate of drug-likeness (QED) is 0.517. The highest BCUT2D eigenvalue weighted by molar-refractivity contribution is 5.73. The van der Waals surface area contributed by atoms with Crippen molar-refractivity contribution in [2.75, 3.05) is 0 Å². The van der Waals surface area contributed by atoms with Crippen molar-refractivity contribution < 1.29 is 4.39 Å². The Labute approximate surface area is 171 Å². The molecule has 1 aromatic carbocycles. The van der Waals surface area contributed by atoms with E-state index in [-0.39, 0.29) is 30.1 Å². The van der Waals surface area contributed by atoms with E-state index in [2.05, 4.69) is 10.1 Å². The maximum atomic E-state index is 14.5. The maximum absolute atomic E-state index is 14.5. The van der Waals surface area contributed by atoms with Gasteiger partial charge in [-0.15, -0.1) is 0 Å². The maximum Gasteiger partial charge on any atom is 0.332 e. The highest BCUT2D eigenvalue weighted by atomic mass is 19.1. The Hall–Kier alpha value is -3.49. The van der Waals surface area contributed by atoms with Crippen LogP contribution in [0.1, 0.15) is 29.4 Å². The Kier molecular flexibility index (Phi) is 4.68. The third-order valence-electron chi connectivity index (χ3n) is 5.66. The highest BCUT2D eigenvalue weighted by Gasteiger charge is 2.23. The fraction of sp³-hybridized carbons (Fsp3) is 0.333. The topological polar surface area (TPSA) is 79.6 Å². The third kappa shape index (κ3) is 2.80. The number of imidazole rings is 1. The number of nitrogens with zero attached hydrogens (tertiary/aromatic N) is 6. The number of hydrogen-bond acceptors (Lipinski definition) is 4. The number of halogens is 1. The van der Waals surface area contributed by atoms with E-state index >= 15 is 0 Å². The smallest absolute Gasteiger partial charge is 0.298 e. The van der Waals surface area contributed by atoms with Gasteiger partial charge in [0.1, 0.15) is 5.82 Å². The molecule has 0 fully saturated rings. The summed E-state index contributed by atoms with van der Waals surface area (Å²) in [5, 5.41) is 4.57. The molecule has 4 rings (SSSR count). The van der Waals surface area contributed by atoms with Gasteiger partial charge in [0.2, 0.25) is 5.95 Å². The van der Waals surface area contributed by atoms with Gasteiger partial charge in [0.25, 0.3) is 5.56 Å². The first kappa shape index (κ1) is 19.8. The summed E-state index contributed by atoms with van der Waals surface area (Å²) >= 11 is 0. The Morgan fingerprint density at radius 1 is 1.07 bits per heavy atom. The van der Waals surface area contributed by atoms with Gasteiger partial charge < -0.3 is 0 Å². The van der Waals surface area contributed by atoms with E-state index in [1.165, 1.54) is 10.6 Å². The average Bonchev–Trinajstić information content (AvgIpc) is 3.21. The van der Waals surface area contributed by atoms with Crippen molar-refractivity contribution in [3.8, 4) is 5.95 Å². The minimum atomic E-state index is -0.455. The molecule has 0 spiro atoms. The summed E-state index contributed by atoms with van der Waals surface area (Å²) < 4.78 is 20.2. The minimum Gasteiger partial charge on any atom is -0.298 e.